The Bertz CT molecular complexity index is 476. The molecule has 0 aliphatic rings. The summed E-state index contributed by atoms with van der Waals surface area (Å²) in [5.74, 6) is 5.39. The average Bonchev–Trinajstić information content (AvgIpc) is 2.65. The molecule has 0 spiro atoms. The van der Waals surface area contributed by atoms with Gasteiger partial charge in [0.05, 0.1) is 4.88 Å². The molecular weight excluding hydrogens is 236 g/mol. The Balaban J connectivity index is 2.53. The Morgan fingerprint density at radius 3 is 2.71 bits per heavy atom. The molecular formula is C13H14O3S. The van der Waals surface area contributed by atoms with E-state index in [1.165, 1.54) is 11.3 Å². The number of carboxylic acid groups (broad SMARTS) is 1. The molecule has 0 radical (unpaired) electrons. The van der Waals surface area contributed by atoms with Gasteiger partial charge < -0.3 is 9.90 Å². The van der Waals surface area contributed by atoms with Crippen molar-refractivity contribution in [2.45, 2.75) is 26.7 Å². The Morgan fingerprint density at radius 2 is 2.18 bits per heavy atom. The molecule has 4 heteroatoms. The van der Waals surface area contributed by atoms with Gasteiger partial charge in [0.2, 0.25) is 0 Å². The Labute approximate surface area is 104 Å². The standard InChI is InChI=1S/C13H14O3S/c1-9(8-10(2)14)4-3-5-11-6-7-12(17-11)13(15)16/h6-7,9H,4,8H2,1-2H3,(H,15,16)/t9-/m0/s1. The van der Waals surface area contributed by atoms with Crippen LogP contribution in [0.15, 0.2) is 12.1 Å². The molecule has 0 aromatic carbocycles. The third-order valence-corrected chi connectivity index (χ3v) is 3.10. The predicted octanol–water partition coefficient (Wildman–Crippen LogP) is 2.80. The summed E-state index contributed by atoms with van der Waals surface area (Å²) in [7, 11) is 0. The number of carbonyl (C=O) groups is 2. The summed E-state index contributed by atoms with van der Waals surface area (Å²) in [6, 6.07) is 3.26. The van der Waals surface area contributed by atoms with Crippen molar-refractivity contribution >= 4 is 23.1 Å². The molecule has 1 N–H and O–H groups in total. The number of Topliss-reactive ketones (excluding diaryl/α,β-unsaturated/α-hetero) is 1. The van der Waals surface area contributed by atoms with Crippen LogP contribution in [0.4, 0.5) is 0 Å². The fraction of sp³-hybridized carbons (Fsp3) is 0.385. The highest BCUT2D eigenvalue weighted by Crippen LogP contribution is 2.15. The third kappa shape index (κ3) is 4.83. The van der Waals surface area contributed by atoms with Gasteiger partial charge in [-0.2, -0.15) is 0 Å². The summed E-state index contributed by atoms with van der Waals surface area (Å²) < 4.78 is 0. The van der Waals surface area contributed by atoms with Crippen LogP contribution < -0.4 is 0 Å². The van der Waals surface area contributed by atoms with Crippen LogP contribution in [0.2, 0.25) is 0 Å². The maximum atomic E-state index is 10.9. The van der Waals surface area contributed by atoms with Gasteiger partial charge in [0.15, 0.2) is 0 Å². The highest BCUT2D eigenvalue weighted by molar-refractivity contribution is 7.14. The Hall–Kier alpha value is -1.60. The SMILES string of the molecule is CC(=O)C[C@@H](C)CC#Cc1ccc(C(=O)O)s1. The van der Waals surface area contributed by atoms with Crippen LogP contribution in [0.25, 0.3) is 0 Å². The van der Waals surface area contributed by atoms with Crippen LogP contribution in [0.3, 0.4) is 0 Å². The molecule has 0 saturated heterocycles. The van der Waals surface area contributed by atoms with E-state index in [0.29, 0.717) is 17.7 Å². The van der Waals surface area contributed by atoms with Crippen molar-refractivity contribution in [3.05, 3.63) is 21.9 Å². The molecule has 0 bridgehead atoms. The highest BCUT2D eigenvalue weighted by Gasteiger charge is 2.05. The van der Waals surface area contributed by atoms with E-state index in [2.05, 4.69) is 11.8 Å². The molecule has 0 saturated carbocycles. The second-order valence-corrected chi connectivity index (χ2v) is 5.07. The lowest BCUT2D eigenvalue weighted by molar-refractivity contribution is -0.117. The molecule has 0 aliphatic heterocycles. The summed E-state index contributed by atoms with van der Waals surface area (Å²) >= 11 is 1.17. The molecule has 0 fully saturated rings. The second-order valence-electron chi connectivity index (χ2n) is 3.99. The van der Waals surface area contributed by atoms with Crippen LogP contribution in [-0.2, 0) is 4.79 Å². The van der Waals surface area contributed by atoms with E-state index in [0.717, 1.165) is 4.88 Å². The van der Waals surface area contributed by atoms with Crippen molar-refractivity contribution in [3.8, 4) is 11.8 Å². The largest absolute Gasteiger partial charge is 0.477 e. The topological polar surface area (TPSA) is 54.4 Å². The molecule has 1 aromatic heterocycles. The lowest BCUT2D eigenvalue weighted by Crippen LogP contribution is -2.00. The van der Waals surface area contributed by atoms with E-state index in [1.54, 1.807) is 19.1 Å². The Morgan fingerprint density at radius 1 is 1.47 bits per heavy atom. The van der Waals surface area contributed by atoms with Gasteiger partial charge in [-0.3, -0.25) is 0 Å². The zero-order valence-electron chi connectivity index (χ0n) is 9.82. The quantitative estimate of drug-likeness (QED) is 0.836. The highest BCUT2D eigenvalue weighted by atomic mass is 32.1. The van der Waals surface area contributed by atoms with Gasteiger partial charge in [0, 0.05) is 12.8 Å². The average molecular weight is 250 g/mol. The first-order chi connectivity index (χ1) is 7.99. The lowest BCUT2D eigenvalue weighted by atomic mass is 10.0. The van der Waals surface area contributed by atoms with E-state index < -0.39 is 5.97 Å². The minimum Gasteiger partial charge on any atom is -0.477 e. The number of aromatic carboxylic acids is 1. The smallest absolute Gasteiger partial charge is 0.345 e. The van der Waals surface area contributed by atoms with Gasteiger partial charge in [0.25, 0.3) is 0 Å². The number of hydrogen-bond acceptors (Lipinski definition) is 3. The molecule has 1 atom stereocenters. The first kappa shape index (κ1) is 13.5. The summed E-state index contributed by atoms with van der Waals surface area (Å²) in [4.78, 5) is 22.5. The minimum absolute atomic E-state index is 0.170. The zero-order valence-corrected chi connectivity index (χ0v) is 10.6. The van der Waals surface area contributed by atoms with Crippen molar-refractivity contribution in [2.75, 3.05) is 0 Å². The molecule has 90 valence electrons. The van der Waals surface area contributed by atoms with Gasteiger partial charge in [-0.15, -0.1) is 11.3 Å². The monoisotopic (exact) mass is 250 g/mol. The normalized spacial score (nSPS) is 11.4. The number of thiophene rings is 1. The van der Waals surface area contributed by atoms with E-state index in [-0.39, 0.29) is 11.7 Å². The lowest BCUT2D eigenvalue weighted by Gasteiger charge is -2.02. The second kappa shape index (κ2) is 6.21. The molecule has 3 nitrogen and oxygen atoms in total. The van der Waals surface area contributed by atoms with E-state index in [4.69, 9.17) is 5.11 Å². The fourth-order valence-electron chi connectivity index (χ4n) is 1.40. The van der Waals surface area contributed by atoms with Crippen molar-refractivity contribution < 1.29 is 14.7 Å². The minimum atomic E-state index is -0.923. The van der Waals surface area contributed by atoms with Gasteiger partial charge in [-0.05, 0) is 25.0 Å². The van der Waals surface area contributed by atoms with Gasteiger partial charge in [-0.1, -0.05) is 18.8 Å². The van der Waals surface area contributed by atoms with Crippen molar-refractivity contribution in [2.24, 2.45) is 5.92 Å². The zero-order chi connectivity index (χ0) is 12.8. The van der Waals surface area contributed by atoms with Crippen LogP contribution in [0.1, 0.15) is 41.2 Å². The molecule has 0 amide bonds. The number of carbonyl (C=O) groups excluding carboxylic acids is 1. The molecule has 0 aliphatic carbocycles. The molecule has 1 heterocycles. The van der Waals surface area contributed by atoms with Gasteiger partial charge >= 0.3 is 5.97 Å². The predicted molar refractivity (Wildman–Crippen MR) is 67.2 cm³/mol. The van der Waals surface area contributed by atoms with E-state index >= 15 is 0 Å². The van der Waals surface area contributed by atoms with Crippen molar-refractivity contribution in [3.63, 3.8) is 0 Å². The maximum absolute atomic E-state index is 10.9. The molecule has 1 aromatic rings. The number of rotatable bonds is 4. The summed E-state index contributed by atoms with van der Waals surface area (Å²) in [5.41, 5.74) is 0. The van der Waals surface area contributed by atoms with E-state index in [9.17, 15) is 9.59 Å². The summed E-state index contributed by atoms with van der Waals surface area (Å²) in [5, 5.41) is 8.74. The van der Waals surface area contributed by atoms with E-state index in [1.807, 2.05) is 6.92 Å². The Kier molecular flexibility index (Phi) is 4.92. The molecule has 1 rings (SSSR count). The molecule has 0 unspecified atom stereocenters. The number of hydrogen-bond donors (Lipinski definition) is 1. The number of carboxylic acids is 1. The fourth-order valence-corrected chi connectivity index (χ4v) is 2.11. The number of ketones is 1. The maximum Gasteiger partial charge on any atom is 0.345 e. The van der Waals surface area contributed by atoms with Crippen molar-refractivity contribution in [1.82, 2.24) is 0 Å². The van der Waals surface area contributed by atoms with Gasteiger partial charge in [0.1, 0.15) is 10.7 Å². The summed E-state index contributed by atoms with van der Waals surface area (Å²) in [6.07, 6.45) is 1.19. The van der Waals surface area contributed by atoms with Crippen LogP contribution in [-0.4, -0.2) is 16.9 Å². The van der Waals surface area contributed by atoms with Crippen LogP contribution in [0, 0.1) is 17.8 Å². The van der Waals surface area contributed by atoms with Crippen molar-refractivity contribution in [1.29, 1.82) is 0 Å². The first-order valence-electron chi connectivity index (χ1n) is 5.30. The third-order valence-electron chi connectivity index (χ3n) is 2.11. The first-order valence-corrected chi connectivity index (χ1v) is 6.12. The molecule has 17 heavy (non-hydrogen) atoms. The van der Waals surface area contributed by atoms with Crippen LogP contribution in [0.5, 0.6) is 0 Å². The summed E-state index contributed by atoms with van der Waals surface area (Å²) in [6.45, 7) is 3.55. The van der Waals surface area contributed by atoms with Crippen LogP contribution >= 0.6 is 11.3 Å². The van der Waals surface area contributed by atoms with Gasteiger partial charge in [-0.25, -0.2) is 4.79 Å².